The molecule has 0 bridgehead atoms. The van der Waals surface area contributed by atoms with Crippen LogP contribution in [0, 0.1) is 0 Å². The van der Waals surface area contributed by atoms with Crippen LogP contribution in [0.15, 0.2) is 0 Å². The molecule has 0 spiro atoms. The number of hydrogen-bond acceptors (Lipinski definition) is 5. The Hall–Kier alpha value is 0.590. The summed E-state index contributed by atoms with van der Waals surface area (Å²) < 4.78 is 32.3. The van der Waals surface area contributed by atoms with E-state index < -0.39 is 22.1 Å². The first-order chi connectivity index (χ1) is 12.6. The molecule has 0 aromatic heterocycles. The summed E-state index contributed by atoms with van der Waals surface area (Å²) in [6.07, 6.45) is 10.8. The third-order valence-corrected chi connectivity index (χ3v) is 5.61. The van der Waals surface area contributed by atoms with Gasteiger partial charge in [0.25, 0.3) is 0 Å². The molecule has 0 rings (SSSR count). The van der Waals surface area contributed by atoms with Crippen LogP contribution < -0.4 is 47.3 Å². The Balaban J connectivity index is -0.00000338. The number of carbonyl (C=O) groups excluding carboxylic acids is 1. The van der Waals surface area contributed by atoms with Gasteiger partial charge in [0, 0.05) is 19.4 Å². The van der Waals surface area contributed by atoms with Crippen LogP contribution in [0.4, 0.5) is 0 Å². The minimum absolute atomic E-state index is 0. The first-order valence-corrected chi connectivity index (χ1v) is 11.9. The second-order valence-corrected chi connectivity index (χ2v) is 9.44. The predicted molar refractivity (Wildman–Crippen MR) is 107 cm³/mol. The Bertz CT molecular complexity index is 507. The largest absolute Gasteiger partial charge is 1.00 e. The summed E-state index contributed by atoms with van der Waals surface area (Å²) in [5.41, 5.74) is 0. The molecule has 0 saturated heterocycles. The summed E-state index contributed by atoms with van der Waals surface area (Å²) in [5.74, 6) is -0.767. The third kappa shape index (κ3) is 21.6. The molecule has 0 aliphatic heterocycles. The summed E-state index contributed by atoms with van der Waals surface area (Å²) in [6, 6.07) is 0. The monoisotopic (exact) mass is 466 g/mol. The number of aliphatic hydroxyl groups is 1. The molecular formula is C19H40ClN2NaO5S. The fourth-order valence-corrected chi connectivity index (χ4v) is 3.70. The van der Waals surface area contributed by atoms with Gasteiger partial charge in [-0.25, -0.2) is 8.42 Å². The van der Waals surface area contributed by atoms with E-state index in [1.54, 1.807) is 14.1 Å². The number of halogens is 1. The zero-order valence-electron chi connectivity index (χ0n) is 18.8. The van der Waals surface area contributed by atoms with Crippen molar-refractivity contribution in [3.8, 4) is 0 Å². The molecule has 1 unspecified atom stereocenters. The van der Waals surface area contributed by atoms with Crippen molar-refractivity contribution >= 4 is 16.0 Å². The van der Waals surface area contributed by atoms with Crippen LogP contribution in [0.25, 0.3) is 0 Å². The van der Waals surface area contributed by atoms with Crippen LogP contribution in [0.2, 0.25) is 0 Å². The minimum Gasteiger partial charge on any atom is -1.00 e. The smallest absolute Gasteiger partial charge is 1.00 e. The van der Waals surface area contributed by atoms with E-state index in [-0.39, 0.29) is 52.4 Å². The molecule has 0 aromatic rings. The zero-order chi connectivity index (χ0) is 20.8. The third-order valence-electron chi connectivity index (χ3n) is 4.90. The van der Waals surface area contributed by atoms with Crippen molar-refractivity contribution in [3.05, 3.63) is 0 Å². The fourth-order valence-electron chi connectivity index (χ4n) is 2.93. The summed E-state index contributed by atoms with van der Waals surface area (Å²) >= 11 is 0. The van der Waals surface area contributed by atoms with Crippen LogP contribution in [0.5, 0.6) is 0 Å². The summed E-state index contributed by atoms with van der Waals surface area (Å²) in [6.45, 7) is 3.17. The molecule has 7 nitrogen and oxygen atoms in total. The van der Waals surface area contributed by atoms with E-state index >= 15 is 0 Å². The van der Waals surface area contributed by atoms with E-state index in [0.29, 0.717) is 25.9 Å². The molecule has 0 aliphatic carbocycles. The second kappa shape index (κ2) is 19.3. The number of aliphatic hydroxyl groups excluding tert-OH is 1. The molecule has 0 fully saturated rings. The Morgan fingerprint density at radius 3 is 1.97 bits per heavy atom. The molecule has 10 heteroatoms. The molecule has 0 radical (unpaired) electrons. The Morgan fingerprint density at radius 1 is 1.00 bits per heavy atom. The van der Waals surface area contributed by atoms with Crippen molar-refractivity contribution in [2.24, 2.45) is 0 Å². The SMILES string of the molecule is CCCCCCCCCCCC(=O)NCCC[N+](C)(C)C(O)CS(=O)(=O)[O-].[Cl-].[Na+]. The van der Waals surface area contributed by atoms with Gasteiger partial charge in [-0.15, -0.1) is 0 Å². The van der Waals surface area contributed by atoms with Crippen LogP contribution in [-0.4, -0.2) is 67.6 Å². The molecule has 1 amide bonds. The number of nitrogens with zero attached hydrogens (tertiary/aromatic N) is 1. The topological polar surface area (TPSA) is 107 Å². The van der Waals surface area contributed by atoms with E-state index in [2.05, 4.69) is 12.2 Å². The Kier molecular flexibility index (Phi) is 22.8. The van der Waals surface area contributed by atoms with Gasteiger partial charge in [0.1, 0.15) is 15.9 Å². The molecule has 0 saturated carbocycles. The summed E-state index contributed by atoms with van der Waals surface area (Å²) in [5, 5.41) is 12.7. The minimum atomic E-state index is -4.46. The van der Waals surface area contributed by atoms with E-state index in [1.165, 1.54) is 44.9 Å². The number of amides is 1. The van der Waals surface area contributed by atoms with Gasteiger partial charge < -0.3 is 31.9 Å². The molecule has 0 aromatic carbocycles. The van der Waals surface area contributed by atoms with Gasteiger partial charge in [0.15, 0.2) is 0 Å². The van der Waals surface area contributed by atoms with Crippen molar-refractivity contribution in [1.29, 1.82) is 0 Å². The van der Waals surface area contributed by atoms with Gasteiger partial charge in [-0.1, -0.05) is 58.3 Å². The number of unbranched alkanes of at least 4 members (excludes halogenated alkanes) is 8. The Morgan fingerprint density at radius 2 is 1.48 bits per heavy atom. The standard InChI is InChI=1S/C19H40N2O5S.ClH.Na/c1-4-5-6-7-8-9-10-11-12-14-18(22)20-15-13-16-21(2,3)19(23)17-27(24,25)26;;/h19,23H,4-17H2,1-3H3,(H-,20,22,24,25,26);1H;/q;;+1/p-1. The fraction of sp³-hybridized carbons (Fsp3) is 0.947. The van der Waals surface area contributed by atoms with Crippen LogP contribution >= 0.6 is 0 Å². The van der Waals surface area contributed by atoms with Crippen molar-refractivity contribution in [2.45, 2.75) is 83.8 Å². The van der Waals surface area contributed by atoms with E-state index in [4.69, 9.17) is 0 Å². The van der Waals surface area contributed by atoms with E-state index in [9.17, 15) is 22.9 Å². The second-order valence-electron chi connectivity index (χ2n) is 7.99. The van der Waals surface area contributed by atoms with Crippen molar-refractivity contribution < 1.29 is 69.3 Å². The molecule has 29 heavy (non-hydrogen) atoms. The number of carbonyl (C=O) groups is 1. The molecule has 170 valence electrons. The quantitative estimate of drug-likeness (QED) is 0.0756. The Labute approximate surface area is 206 Å². The first kappa shape index (κ1) is 34.2. The molecule has 0 aliphatic rings. The molecular weight excluding hydrogens is 427 g/mol. The van der Waals surface area contributed by atoms with Gasteiger partial charge in [-0.05, 0) is 6.42 Å². The van der Waals surface area contributed by atoms with Gasteiger partial charge in [-0.3, -0.25) is 4.79 Å². The maximum atomic E-state index is 11.8. The number of rotatable bonds is 17. The number of quaternary nitrogens is 1. The first-order valence-electron chi connectivity index (χ1n) is 10.3. The van der Waals surface area contributed by atoms with Crippen molar-refractivity contribution in [3.63, 3.8) is 0 Å². The zero-order valence-corrected chi connectivity index (χ0v) is 22.4. The predicted octanol–water partition coefficient (Wildman–Crippen LogP) is -3.64. The van der Waals surface area contributed by atoms with Gasteiger partial charge >= 0.3 is 29.6 Å². The number of nitrogens with one attached hydrogen (secondary N) is 1. The van der Waals surface area contributed by atoms with Gasteiger partial charge in [-0.2, -0.15) is 0 Å². The maximum Gasteiger partial charge on any atom is 1.00 e. The van der Waals surface area contributed by atoms with E-state index in [1.807, 2.05) is 0 Å². The summed E-state index contributed by atoms with van der Waals surface area (Å²) in [7, 11) is -1.13. The average Bonchev–Trinajstić information content (AvgIpc) is 2.55. The molecule has 0 heterocycles. The number of hydrogen-bond donors (Lipinski definition) is 2. The van der Waals surface area contributed by atoms with Crippen LogP contribution in [0.3, 0.4) is 0 Å². The van der Waals surface area contributed by atoms with Gasteiger partial charge in [0.05, 0.1) is 20.6 Å². The van der Waals surface area contributed by atoms with E-state index in [0.717, 1.165) is 12.8 Å². The van der Waals surface area contributed by atoms with Crippen LogP contribution in [0.1, 0.15) is 77.6 Å². The average molecular weight is 467 g/mol. The molecule has 2 N–H and O–H groups in total. The van der Waals surface area contributed by atoms with Crippen LogP contribution in [-0.2, 0) is 14.9 Å². The molecule has 1 atom stereocenters. The normalized spacial score (nSPS) is 12.6. The summed E-state index contributed by atoms with van der Waals surface area (Å²) in [4.78, 5) is 11.8. The van der Waals surface area contributed by atoms with Crippen molar-refractivity contribution in [1.82, 2.24) is 5.32 Å². The maximum absolute atomic E-state index is 11.8. The van der Waals surface area contributed by atoms with Crippen molar-refractivity contribution in [2.75, 3.05) is 32.9 Å². The van der Waals surface area contributed by atoms with Gasteiger partial charge in [0.2, 0.25) is 12.1 Å².